The van der Waals surface area contributed by atoms with Crippen LogP contribution in [0.1, 0.15) is 17.2 Å². The largest absolute Gasteiger partial charge is 0.378 e. The van der Waals surface area contributed by atoms with Gasteiger partial charge in [0, 0.05) is 26.2 Å². The van der Waals surface area contributed by atoms with Crippen LogP contribution in [0.3, 0.4) is 0 Å². The number of hydrogen-bond acceptors (Lipinski definition) is 3. The van der Waals surface area contributed by atoms with Gasteiger partial charge in [-0.3, -0.25) is 4.79 Å². The highest BCUT2D eigenvalue weighted by Crippen LogP contribution is 2.33. The number of amides is 3. The molecule has 4 rings (SSSR count). The van der Waals surface area contributed by atoms with E-state index in [0.717, 1.165) is 13.0 Å². The lowest BCUT2D eigenvalue weighted by Gasteiger charge is -2.45. The van der Waals surface area contributed by atoms with Gasteiger partial charge >= 0.3 is 6.03 Å². The number of nitrogens with zero attached hydrogens (tertiary/aromatic N) is 3. The van der Waals surface area contributed by atoms with Crippen molar-refractivity contribution in [3.63, 3.8) is 0 Å². The maximum atomic E-state index is 12.7. The average molecular weight is 315 g/mol. The molecule has 3 heterocycles. The standard InChI is InChI=1S/C17H21N3O3/c21-16-12-19(17(22)18-7-9-23-10-8-18)11-15-14-4-2-1-3-13(14)5-6-20(15)16/h1-4,15H,5-12H2. The summed E-state index contributed by atoms with van der Waals surface area (Å²) in [6, 6.07) is 8.21. The van der Waals surface area contributed by atoms with Gasteiger partial charge < -0.3 is 19.4 Å². The van der Waals surface area contributed by atoms with E-state index < -0.39 is 0 Å². The number of hydrogen-bond donors (Lipinski definition) is 0. The molecule has 6 heteroatoms. The van der Waals surface area contributed by atoms with Crippen LogP contribution in [-0.2, 0) is 16.0 Å². The zero-order valence-corrected chi connectivity index (χ0v) is 13.1. The third-order valence-corrected chi connectivity index (χ3v) is 5.00. The number of benzene rings is 1. The van der Waals surface area contributed by atoms with Crippen LogP contribution in [0.4, 0.5) is 4.79 Å². The number of rotatable bonds is 0. The Balaban J connectivity index is 1.57. The van der Waals surface area contributed by atoms with Crippen molar-refractivity contribution < 1.29 is 14.3 Å². The third kappa shape index (κ3) is 2.57. The van der Waals surface area contributed by atoms with Gasteiger partial charge in [-0.15, -0.1) is 0 Å². The van der Waals surface area contributed by atoms with E-state index in [-0.39, 0.29) is 24.5 Å². The van der Waals surface area contributed by atoms with Crippen molar-refractivity contribution in [2.45, 2.75) is 12.5 Å². The monoisotopic (exact) mass is 315 g/mol. The molecule has 2 fully saturated rings. The van der Waals surface area contributed by atoms with Crippen LogP contribution in [0.15, 0.2) is 24.3 Å². The predicted octanol–water partition coefficient (Wildman–Crippen LogP) is 0.880. The van der Waals surface area contributed by atoms with E-state index in [1.54, 1.807) is 9.80 Å². The first-order chi connectivity index (χ1) is 11.2. The summed E-state index contributed by atoms with van der Waals surface area (Å²) in [5.41, 5.74) is 2.48. The maximum Gasteiger partial charge on any atom is 0.320 e. The lowest BCUT2D eigenvalue weighted by Crippen LogP contribution is -2.59. The van der Waals surface area contributed by atoms with Gasteiger partial charge in [0.25, 0.3) is 0 Å². The fraction of sp³-hybridized carbons (Fsp3) is 0.529. The molecule has 3 aliphatic heterocycles. The minimum absolute atomic E-state index is 0.00816. The molecule has 0 radical (unpaired) electrons. The van der Waals surface area contributed by atoms with Gasteiger partial charge in [0.1, 0.15) is 6.54 Å². The fourth-order valence-corrected chi connectivity index (χ4v) is 3.77. The molecule has 3 aliphatic rings. The molecule has 2 saturated heterocycles. The van der Waals surface area contributed by atoms with E-state index >= 15 is 0 Å². The zero-order valence-electron chi connectivity index (χ0n) is 13.1. The summed E-state index contributed by atoms with van der Waals surface area (Å²) in [6.07, 6.45) is 0.899. The molecule has 3 amide bonds. The zero-order chi connectivity index (χ0) is 15.8. The van der Waals surface area contributed by atoms with Gasteiger partial charge in [0.2, 0.25) is 5.91 Å². The molecule has 1 unspecified atom stereocenters. The summed E-state index contributed by atoms with van der Waals surface area (Å²) in [4.78, 5) is 30.7. The van der Waals surface area contributed by atoms with E-state index in [0.29, 0.717) is 32.8 Å². The normalized spacial score (nSPS) is 24.3. The van der Waals surface area contributed by atoms with Gasteiger partial charge in [-0.25, -0.2) is 4.79 Å². The van der Waals surface area contributed by atoms with Crippen LogP contribution in [0.2, 0.25) is 0 Å². The van der Waals surface area contributed by atoms with Gasteiger partial charge in [-0.2, -0.15) is 0 Å². The second-order valence-corrected chi connectivity index (χ2v) is 6.31. The average Bonchev–Trinajstić information content (AvgIpc) is 2.61. The van der Waals surface area contributed by atoms with Gasteiger partial charge in [-0.05, 0) is 17.5 Å². The highest BCUT2D eigenvalue weighted by atomic mass is 16.5. The third-order valence-electron chi connectivity index (χ3n) is 5.00. The quantitative estimate of drug-likeness (QED) is 0.714. The Labute approximate surface area is 135 Å². The molecule has 0 aromatic heterocycles. The summed E-state index contributed by atoms with van der Waals surface area (Å²) >= 11 is 0. The summed E-state index contributed by atoms with van der Waals surface area (Å²) < 4.78 is 5.30. The molecule has 23 heavy (non-hydrogen) atoms. The second kappa shape index (κ2) is 5.85. The van der Waals surface area contributed by atoms with Gasteiger partial charge in [0.05, 0.1) is 19.3 Å². The van der Waals surface area contributed by atoms with Crippen molar-refractivity contribution in [3.05, 3.63) is 35.4 Å². The van der Waals surface area contributed by atoms with Crippen molar-refractivity contribution in [3.8, 4) is 0 Å². The van der Waals surface area contributed by atoms with E-state index in [1.165, 1.54) is 11.1 Å². The number of morpholine rings is 1. The maximum absolute atomic E-state index is 12.7. The van der Waals surface area contributed by atoms with E-state index in [9.17, 15) is 9.59 Å². The summed E-state index contributed by atoms with van der Waals surface area (Å²) in [6.45, 7) is 3.88. The smallest absolute Gasteiger partial charge is 0.320 e. The lowest BCUT2D eigenvalue weighted by molar-refractivity contribution is -0.139. The molecule has 1 aromatic carbocycles. The first kappa shape index (κ1) is 14.5. The van der Waals surface area contributed by atoms with E-state index in [1.807, 2.05) is 17.0 Å². The Morgan fingerprint density at radius 1 is 1.09 bits per heavy atom. The molecule has 0 saturated carbocycles. The predicted molar refractivity (Wildman–Crippen MR) is 84.0 cm³/mol. The van der Waals surface area contributed by atoms with E-state index in [4.69, 9.17) is 4.74 Å². The van der Waals surface area contributed by atoms with Crippen LogP contribution in [0, 0.1) is 0 Å². The number of piperazine rings is 1. The van der Waals surface area contributed by atoms with Crippen molar-refractivity contribution in [2.24, 2.45) is 0 Å². The topological polar surface area (TPSA) is 53.1 Å². The lowest BCUT2D eigenvalue weighted by atomic mass is 9.91. The van der Waals surface area contributed by atoms with E-state index in [2.05, 4.69) is 12.1 Å². The van der Waals surface area contributed by atoms with Crippen molar-refractivity contribution in [2.75, 3.05) is 45.9 Å². The Morgan fingerprint density at radius 3 is 2.70 bits per heavy atom. The minimum Gasteiger partial charge on any atom is -0.378 e. The first-order valence-electron chi connectivity index (χ1n) is 8.23. The number of ether oxygens (including phenoxy) is 1. The Kier molecular flexibility index (Phi) is 3.69. The second-order valence-electron chi connectivity index (χ2n) is 6.31. The number of fused-ring (bicyclic) bond motifs is 3. The molecule has 0 N–H and O–H groups in total. The molecular formula is C17H21N3O3. The van der Waals surface area contributed by atoms with Gasteiger partial charge in [0.15, 0.2) is 0 Å². The molecule has 0 spiro atoms. The number of carbonyl (C=O) groups is 2. The summed E-state index contributed by atoms with van der Waals surface area (Å²) in [7, 11) is 0. The first-order valence-corrected chi connectivity index (χ1v) is 8.23. The molecule has 122 valence electrons. The molecule has 1 atom stereocenters. The van der Waals surface area contributed by atoms with Crippen LogP contribution < -0.4 is 0 Å². The highest BCUT2D eigenvalue weighted by molar-refractivity contribution is 5.86. The highest BCUT2D eigenvalue weighted by Gasteiger charge is 2.39. The van der Waals surface area contributed by atoms with Gasteiger partial charge in [-0.1, -0.05) is 24.3 Å². The summed E-state index contributed by atoms with van der Waals surface area (Å²) in [5, 5.41) is 0. The fourth-order valence-electron chi connectivity index (χ4n) is 3.77. The number of urea groups is 1. The molecule has 0 bridgehead atoms. The van der Waals surface area contributed by atoms with Crippen molar-refractivity contribution >= 4 is 11.9 Å². The minimum atomic E-state index is -0.0376. The number of carbonyl (C=O) groups excluding carboxylic acids is 2. The van der Waals surface area contributed by atoms with Crippen LogP contribution in [0.25, 0.3) is 0 Å². The SMILES string of the molecule is O=C(N1CCOCC1)N1CC(=O)N2CCc3ccccc3C2C1. The molecule has 6 nitrogen and oxygen atoms in total. The Bertz CT molecular complexity index is 627. The van der Waals surface area contributed by atoms with Crippen LogP contribution in [0.5, 0.6) is 0 Å². The van der Waals surface area contributed by atoms with Crippen molar-refractivity contribution in [1.29, 1.82) is 0 Å². The Hall–Kier alpha value is -2.08. The Morgan fingerprint density at radius 2 is 1.87 bits per heavy atom. The van der Waals surface area contributed by atoms with Crippen molar-refractivity contribution in [1.82, 2.24) is 14.7 Å². The molecule has 1 aromatic rings. The van der Waals surface area contributed by atoms with Crippen LogP contribution >= 0.6 is 0 Å². The summed E-state index contributed by atoms with van der Waals surface area (Å²) in [5.74, 6) is 0.0531. The molecular weight excluding hydrogens is 294 g/mol. The molecule has 0 aliphatic carbocycles. The van der Waals surface area contributed by atoms with Crippen LogP contribution in [-0.4, -0.2) is 72.6 Å².